The summed E-state index contributed by atoms with van der Waals surface area (Å²) in [6, 6.07) is 5.66. The largest absolute Gasteiger partial charge is 0.396 e. The molecule has 1 aromatic carbocycles. The highest BCUT2D eigenvalue weighted by Crippen LogP contribution is 2.10. The first kappa shape index (κ1) is 10.7. The number of carbonyl (C=O) groups excluding carboxylic acids is 1. The standard InChI is InChI=1S/C12H14O2/c1-10-8-11(4-2-3-7-13)5-6-12(10)9-14/h2,4-6,8-9,13H,3,7H2,1H3. The number of aryl methyl sites for hydroxylation is 1. The molecule has 0 unspecified atom stereocenters. The Labute approximate surface area is 83.9 Å². The van der Waals surface area contributed by atoms with Gasteiger partial charge in [-0.15, -0.1) is 0 Å². The van der Waals surface area contributed by atoms with E-state index in [0.717, 1.165) is 23.0 Å². The Bertz CT molecular complexity index is 340. The smallest absolute Gasteiger partial charge is 0.150 e. The summed E-state index contributed by atoms with van der Waals surface area (Å²) < 4.78 is 0. The van der Waals surface area contributed by atoms with Crippen molar-refractivity contribution >= 4 is 12.4 Å². The van der Waals surface area contributed by atoms with Gasteiger partial charge in [0, 0.05) is 12.2 Å². The molecule has 74 valence electrons. The van der Waals surface area contributed by atoms with Gasteiger partial charge in [-0.1, -0.05) is 30.4 Å². The van der Waals surface area contributed by atoms with Crippen molar-refractivity contribution in [3.63, 3.8) is 0 Å². The highest BCUT2D eigenvalue weighted by Gasteiger charge is 1.95. The average Bonchev–Trinajstić information content (AvgIpc) is 2.18. The number of hydrogen-bond acceptors (Lipinski definition) is 2. The molecule has 0 saturated carbocycles. The number of carbonyl (C=O) groups is 1. The molecular weight excluding hydrogens is 176 g/mol. The van der Waals surface area contributed by atoms with Crippen molar-refractivity contribution in [2.24, 2.45) is 0 Å². The molecule has 0 saturated heterocycles. The Morgan fingerprint density at radius 1 is 1.43 bits per heavy atom. The zero-order valence-corrected chi connectivity index (χ0v) is 8.23. The number of hydrogen-bond donors (Lipinski definition) is 1. The summed E-state index contributed by atoms with van der Waals surface area (Å²) in [6.45, 7) is 2.08. The van der Waals surface area contributed by atoms with Crippen molar-refractivity contribution in [2.45, 2.75) is 13.3 Å². The maximum atomic E-state index is 10.5. The predicted octanol–water partition coefficient (Wildman–Crippen LogP) is 2.20. The van der Waals surface area contributed by atoms with Crippen LogP contribution in [0.4, 0.5) is 0 Å². The highest BCUT2D eigenvalue weighted by molar-refractivity contribution is 5.77. The molecule has 1 N–H and O–H groups in total. The molecule has 0 heterocycles. The maximum absolute atomic E-state index is 10.5. The van der Waals surface area contributed by atoms with Crippen molar-refractivity contribution < 1.29 is 9.90 Å². The van der Waals surface area contributed by atoms with Crippen LogP contribution in [0.3, 0.4) is 0 Å². The van der Waals surface area contributed by atoms with E-state index in [4.69, 9.17) is 5.11 Å². The lowest BCUT2D eigenvalue weighted by molar-refractivity contribution is 0.112. The van der Waals surface area contributed by atoms with E-state index in [0.29, 0.717) is 6.42 Å². The molecule has 0 radical (unpaired) electrons. The fourth-order valence-corrected chi connectivity index (χ4v) is 1.23. The molecule has 0 spiro atoms. The van der Waals surface area contributed by atoms with Crippen LogP contribution in [-0.2, 0) is 0 Å². The first-order chi connectivity index (χ1) is 6.77. The van der Waals surface area contributed by atoms with E-state index in [1.165, 1.54) is 0 Å². The first-order valence-electron chi connectivity index (χ1n) is 4.61. The van der Waals surface area contributed by atoms with Crippen molar-refractivity contribution in [1.82, 2.24) is 0 Å². The summed E-state index contributed by atoms with van der Waals surface area (Å²) in [5.74, 6) is 0. The molecule has 1 aromatic rings. The number of aldehydes is 1. The molecule has 2 nitrogen and oxygen atoms in total. The molecule has 0 atom stereocenters. The van der Waals surface area contributed by atoms with Gasteiger partial charge < -0.3 is 5.11 Å². The molecule has 0 bridgehead atoms. The Hall–Kier alpha value is -1.41. The van der Waals surface area contributed by atoms with Crippen LogP contribution in [0.1, 0.15) is 27.9 Å². The summed E-state index contributed by atoms with van der Waals surface area (Å²) in [7, 11) is 0. The minimum Gasteiger partial charge on any atom is -0.396 e. The van der Waals surface area contributed by atoms with Crippen LogP contribution in [0.15, 0.2) is 24.3 Å². The lowest BCUT2D eigenvalue weighted by Crippen LogP contribution is -1.86. The molecule has 14 heavy (non-hydrogen) atoms. The van der Waals surface area contributed by atoms with Crippen LogP contribution in [0, 0.1) is 6.92 Å². The van der Waals surface area contributed by atoms with Gasteiger partial charge in [-0.3, -0.25) is 4.79 Å². The zero-order valence-electron chi connectivity index (χ0n) is 8.23. The van der Waals surface area contributed by atoms with E-state index in [2.05, 4.69) is 0 Å². The van der Waals surface area contributed by atoms with Gasteiger partial charge in [-0.05, 0) is 24.5 Å². The van der Waals surface area contributed by atoms with E-state index >= 15 is 0 Å². The number of aliphatic hydroxyl groups excluding tert-OH is 1. The third kappa shape index (κ3) is 2.82. The number of rotatable bonds is 4. The third-order valence-electron chi connectivity index (χ3n) is 2.03. The Kier molecular flexibility index (Phi) is 4.08. The van der Waals surface area contributed by atoms with Crippen molar-refractivity contribution in [3.05, 3.63) is 41.0 Å². The van der Waals surface area contributed by atoms with Crippen LogP contribution in [-0.4, -0.2) is 18.0 Å². The van der Waals surface area contributed by atoms with Gasteiger partial charge in [-0.25, -0.2) is 0 Å². The molecule has 0 aliphatic rings. The van der Waals surface area contributed by atoms with Crippen LogP contribution in [0.2, 0.25) is 0 Å². The van der Waals surface area contributed by atoms with Gasteiger partial charge in [0.05, 0.1) is 0 Å². The van der Waals surface area contributed by atoms with E-state index in [-0.39, 0.29) is 6.61 Å². The maximum Gasteiger partial charge on any atom is 0.150 e. The predicted molar refractivity (Wildman–Crippen MR) is 57.3 cm³/mol. The average molecular weight is 190 g/mol. The first-order valence-corrected chi connectivity index (χ1v) is 4.61. The van der Waals surface area contributed by atoms with Crippen LogP contribution < -0.4 is 0 Å². The topological polar surface area (TPSA) is 37.3 Å². The highest BCUT2D eigenvalue weighted by atomic mass is 16.2. The van der Waals surface area contributed by atoms with Gasteiger partial charge in [0.2, 0.25) is 0 Å². The number of aliphatic hydroxyl groups is 1. The van der Waals surface area contributed by atoms with Crippen LogP contribution >= 0.6 is 0 Å². The molecule has 0 fully saturated rings. The van der Waals surface area contributed by atoms with E-state index in [1.54, 1.807) is 6.07 Å². The molecule has 1 rings (SSSR count). The van der Waals surface area contributed by atoms with E-state index < -0.39 is 0 Å². The summed E-state index contributed by atoms with van der Waals surface area (Å²) in [5.41, 5.74) is 2.76. The van der Waals surface area contributed by atoms with Gasteiger partial charge in [0.15, 0.2) is 0 Å². The Balaban J connectivity index is 2.81. The monoisotopic (exact) mass is 190 g/mol. The van der Waals surface area contributed by atoms with Gasteiger partial charge in [0.1, 0.15) is 6.29 Å². The normalized spacial score (nSPS) is 10.7. The summed E-state index contributed by atoms with van der Waals surface area (Å²) in [5, 5.41) is 8.58. The van der Waals surface area contributed by atoms with Crippen molar-refractivity contribution in [3.8, 4) is 0 Å². The molecule has 0 aromatic heterocycles. The minimum atomic E-state index is 0.169. The second kappa shape index (κ2) is 5.35. The SMILES string of the molecule is Cc1cc(C=CCCO)ccc1C=O. The summed E-state index contributed by atoms with van der Waals surface area (Å²) in [6.07, 6.45) is 5.37. The Morgan fingerprint density at radius 3 is 2.79 bits per heavy atom. The molecule has 0 amide bonds. The van der Waals surface area contributed by atoms with Crippen molar-refractivity contribution in [1.29, 1.82) is 0 Å². The molecular formula is C12H14O2. The minimum absolute atomic E-state index is 0.169. The lowest BCUT2D eigenvalue weighted by Gasteiger charge is -1.99. The van der Waals surface area contributed by atoms with Crippen molar-refractivity contribution in [2.75, 3.05) is 6.61 Å². The summed E-state index contributed by atoms with van der Waals surface area (Å²) >= 11 is 0. The van der Waals surface area contributed by atoms with Gasteiger partial charge in [-0.2, -0.15) is 0 Å². The molecule has 0 aliphatic heterocycles. The van der Waals surface area contributed by atoms with Crippen LogP contribution in [0.25, 0.3) is 6.08 Å². The van der Waals surface area contributed by atoms with E-state index in [9.17, 15) is 4.79 Å². The second-order valence-corrected chi connectivity index (χ2v) is 3.15. The fraction of sp³-hybridized carbons (Fsp3) is 0.250. The molecule has 2 heteroatoms. The van der Waals surface area contributed by atoms with Gasteiger partial charge in [0.25, 0.3) is 0 Å². The quantitative estimate of drug-likeness (QED) is 0.739. The molecule has 0 aliphatic carbocycles. The van der Waals surface area contributed by atoms with E-state index in [1.807, 2.05) is 31.2 Å². The zero-order chi connectivity index (χ0) is 10.4. The Morgan fingerprint density at radius 2 is 2.21 bits per heavy atom. The van der Waals surface area contributed by atoms with Crippen LogP contribution in [0.5, 0.6) is 0 Å². The second-order valence-electron chi connectivity index (χ2n) is 3.15. The third-order valence-corrected chi connectivity index (χ3v) is 2.03. The lowest BCUT2D eigenvalue weighted by atomic mass is 10.1. The summed E-state index contributed by atoms with van der Waals surface area (Å²) in [4.78, 5) is 10.5. The fourth-order valence-electron chi connectivity index (χ4n) is 1.23. The van der Waals surface area contributed by atoms with Gasteiger partial charge >= 0.3 is 0 Å². The number of benzene rings is 1.